The molecular formula is C20H44N2. The predicted octanol–water partition coefficient (Wildman–Crippen LogP) is 5.78. The van der Waals surface area contributed by atoms with Gasteiger partial charge in [-0.05, 0) is 31.8 Å². The van der Waals surface area contributed by atoms with Gasteiger partial charge in [0.15, 0.2) is 0 Å². The number of unbranched alkanes of at least 4 members (excludes halogenated alkanes) is 11. The molecular weight excluding hydrogens is 268 g/mol. The minimum Gasteiger partial charge on any atom is -0.330 e. The Labute approximate surface area is 140 Å². The maximum Gasteiger partial charge on any atom is -0.00773 e. The van der Waals surface area contributed by atoms with Crippen molar-refractivity contribution in [2.45, 2.75) is 110 Å². The summed E-state index contributed by atoms with van der Waals surface area (Å²) in [5, 5.41) is 0. The summed E-state index contributed by atoms with van der Waals surface area (Å²) in [6, 6.07) is 0. The standard InChI is InChI=1S/C20H44N2/c1-2-20(17-13-11-15-19-22)16-12-9-7-5-3-4-6-8-10-14-18-21/h20H,2-19,21-22H2,1H3. The summed E-state index contributed by atoms with van der Waals surface area (Å²) < 4.78 is 0. The zero-order chi connectivity index (χ0) is 16.3. The van der Waals surface area contributed by atoms with Gasteiger partial charge in [-0.15, -0.1) is 0 Å². The molecule has 0 saturated carbocycles. The van der Waals surface area contributed by atoms with Crippen LogP contribution in [-0.2, 0) is 0 Å². The van der Waals surface area contributed by atoms with Gasteiger partial charge < -0.3 is 11.5 Å². The van der Waals surface area contributed by atoms with Gasteiger partial charge in [-0.3, -0.25) is 0 Å². The molecule has 0 aliphatic carbocycles. The molecule has 134 valence electrons. The molecule has 0 spiro atoms. The van der Waals surface area contributed by atoms with E-state index >= 15 is 0 Å². The van der Waals surface area contributed by atoms with Crippen LogP contribution in [0.25, 0.3) is 0 Å². The monoisotopic (exact) mass is 312 g/mol. The van der Waals surface area contributed by atoms with Crippen molar-refractivity contribution in [1.82, 2.24) is 0 Å². The molecule has 0 aromatic carbocycles. The van der Waals surface area contributed by atoms with Crippen LogP contribution in [0.5, 0.6) is 0 Å². The third kappa shape index (κ3) is 16.3. The lowest BCUT2D eigenvalue weighted by atomic mass is 9.92. The topological polar surface area (TPSA) is 52.0 Å². The average molecular weight is 313 g/mol. The molecule has 0 aliphatic rings. The summed E-state index contributed by atoms with van der Waals surface area (Å²) in [5.41, 5.74) is 11.1. The van der Waals surface area contributed by atoms with E-state index in [-0.39, 0.29) is 0 Å². The van der Waals surface area contributed by atoms with Crippen LogP contribution in [-0.4, -0.2) is 13.1 Å². The highest BCUT2D eigenvalue weighted by molar-refractivity contribution is 4.59. The SMILES string of the molecule is CCC(CCCCCN)CCCCCCCCCCCCN. The molecule has 22 heavy (non-hydrogen) atoms. The Morgan fingerprint density at radius 2 is 0.818 bits per heavy atom. The van der Waals surface area contributed by atoms with Crippen LogP contribution in [0.3, 0.4) is 0 Å². The van der Waals surface area contributed by atoms with Crippen LogP contribution in [0, 0.1) is 5.92 Å². The lowest BCUT2D eigenvalue weighted by Gasteiger charge is -2.14. The Morgan fingerprint density at radius 1 is 0.500 bits per heavy atom. The lowest BCUT2D eigenvalue weighted by Crippen LogP contribution is -2.01. The quantitative estimate of drug-likeness (QED) is 0.315. The van der Waals surface area contributed by atoms with Crippen molar-refractivity contribution in [2.75, 3.05) is 13.1 Å². The van der Waals surface area contributed by atoms with E-state index in [0.29, 0.717) is 0 Å². The molecule has 0 rings (SSSR count). The minimum atomic E-state index is 0.865. The fraction of sp³-hybridized carbons (Fsp3) is 1.00. The van der Waals surface area contributed by atoms with E-state index in [4.69, 9.17) is 11.5 Å². The predicted molar refractivity (Wildman–Crippen MR) is 101 cm³/mol. The first-order valence-electron chi connectivity index (χ1n) is 10.2. The summed E-state index contributed by atoms with van der Waals surface area (Å²) in [7, 11) is 0. The molecule has 0 fully saturated rings. The molecule has 0 radical (unpaired) electrons. The maximum atomic E-state index is 5.55. The van der Waals surface area contributed by atoms with E-state index in [1.807, 2.05) is 0 Å². The van der Waals surface area contributed by atoms with Crippen LogP contribution in [0.4, 0.5) is 0 Å². The second-order valence-corrected chi connectivity index (χ2v) is 7.03. The number of hydrogen-bond acceptors (Lipinski definition) is 2. The van der Waals surface area contributed by atoms with Gasteiger partial charge in [0.25, 0.3) is 0 Å². The van der Waals surface area contributed by atoms with Crippen LogP contribution < -0.4 is 11.5 Å². The maximum absolute atomic E-state index is 5.55. The van der Waals surface area contributed by atoms with E-state index < -0.39 is 0 Å². The fourth-order valence-corrected chi connectivity index (χ4v) is 3.30. The van der Waals surface area contributed by atoms with Gasteiger partial charge >= 0.3 is 0 Å². The Balaban J connectivity index is 3.22. The van der Waals surface area contributed by atoms with E-state index in [0.717, 1.165) is 19.0 Å². The largest absolute Gasteiger partial charge is 0.330 e. The molecule has 2 nitrogen and oxygen atoms in total. The van der Waals surface area contributed by atoms with Crippen molar-refractivity contribution >= 4 is 0 Å². The highest BCUT2D eigenvalue weighted by Crippen LogP contribution is 2.21. The van der Waals surface area contributed by atoms with Crippen LogP contribution in [0.15, 0.2) is 0 Å². The first-order valence-corrected chi connectivity index (χ1v) is 10.2. The van der Waals surface area contributed by atoms with Crippen LogP contribution in [0.2, 0.25) is 0 Å². The van der Waals surface area contributed by atoms with Gasteiger partial charge in [0.1, 0.15) is 0 Å². The van der Waals surface area contributed by atoms with Crippen LogP contribution in [0.1, 0.15) is 110 Å². The summed E-state index contributed by atoms with van der Waals surface area (Å²) in [6.45, 7) is 4.09. The third-order valence-corrected chi connectivity index (χ3v) is 4.96. The summed E-state index contributed by atoms with van der Waals surface area (Å²) in [4.78, 5) is 0. The highest BCUT2D eigenvalue weighted by Gasteiger charge is 2.05. The number of nitrogens with two attached hydrogens (primary N) is 2. The second kappa shape index (κ2) is 19.0. The Morgan fingerprint density at radius 3 is 1.18 bits per heavy atom. The van der Waals surface area contributed by atoms with E-state index in [1.54, 1.807) is 0 Å². The van der Waals surface area contributed by atoms with Crippen molar-refractivity contribution in [3.8, 4) is 0 Å². The molecule has 0 saturated heterocycles. The molecule has 1 unspecified atom stereocenters. The first kappa shape index (κ1) is 21.9. The Kier molecular flexibility index (Phi) is 18.9. The van der Waals surface area contributed by atoms with Gasteiger partial charge in [-0.25, -0.2) is 0 Å². The van der Waals surface area contributed by atoms with Crippen molar-refractivity contribution < 1.29 is 0 Å². The Bertz CT molecular complexity index is 194. The number of rotatable bonds is 18. The van der Waals surface area contributed by atoms with Gasteiger partial charge in [-0.2, -0.15) is 0 Å². The smallest absolute Gasteiger partial charge is 0.00773 e. The molecule has 1 atom stereocenters. The highest BCUT2D eigenvalue weighted by atomic mass is 14.5. The molecule has 4 N–H and O–H groups in total. The van der Waals surface area contributed by atoms with Gasteiger partial charge in [0.2, 0.25) is 0 Å². The third-order valence-electron chi connectivity index (χ3n) is 4.96. The fourth-order valence-electron chi connectivity index (χ4n) is 3.30. The van der Waals surface area contributed by atoms with Crippen molar-refractivity contribution in [3.63, 3.8) is 0 Å². The van der Waals surface area contributed by atoms with E-state index in [2.05, 4.69) is 6.92 Å². The summed E-state index contributed by atoms with van der Waals surface area (Å²) in [5.74, 6) is 0.973. The number of hydrogen-bond donors (Lipinski definition) is 2. The van der Waals surface area contributed by atoms with E-state index in [9.17, 15) is 0 Å². The zero-order valence-electron chi connectivity index (χ0n) is 15.5. The molecule has 0 bridgehead atoms. The summed E-state index contributed by atoms with van der Waals surface area (Å²) in [6.07, 6.45) is 22.2. The molecule has 0 aromatic heterocycles. The average Bonchev–Trinajstić information content (AvgIpc) is 2.54. The van der Waals surface area contributed by atoms with Crippen molar-refractivity contribution in [2.24, 2.45) is 17.4 Å². The normalized spacial score (nSPS) is 12.7. The first-order chi connectivity index (χ1) is 10.8. The van der Waals surface area contributed by atoms with Gasteiger partial charge in [-0.1, -0.05) is 96.8 Å². The van der Waals surface area contributed by atoms with Crippen molar-refractivity contribution in [3.05, 3.63) is 0 Å². The van der Waals surface area contributed by atoms with Crippen molar-refractivity contribution in [1.29, 1.82) is 0 Å². The molecule has 0 aromatic rings. The lowest BCUT2D eigenvalue weighted by molar-refractivity contribution is 0.394. The van der Waals surface area contributed by atoms with Gasteiger partial charge in [0.05, 0.1) is 0 Å². The van der Waals surface area contributed by atoms with E-state index in [1.165, 1.54) is 103 Å². The van der Waals surface area contributed by atoms with Gasteiger partial charge in [0, 0.05) is 0 Å². The second-order valence-electron chi connectivity index (χ2n) is 7.03. The molecule has 0 amide bonds. The molecule has 2 heteroatoms. The van der Waals surface area contributed by atoms with Crippen LogP contribution >= 0.6 is 0 Å². The minimum absolute atomic E-state index is 0.865. The zero-order valence-corrected chi connectivity index (χ0v) is 15.5. The Hall–Kier alpha value is -0.0800. The summed E-state index contributed by atoms with van der Waals surface area (Å²) >= 11 is 0. The molecule has 0 heterocycles. The molecule has 0 aliphatic heterocycles.